The summed E-state index contributed by atoms with van der Waals surface area (Å²) >= 11 is 0. The molecule has 0 spiro atoms. The van der Waals surface area contributed by atoms with Crippen LogP contribution in [0.3, 0.4) is 0 Å². The molecule has 0 aromatic carbocycles. The summed E-state index contributed by atoms with van der Waals surface area (Å²) < 4.78 is 10.7. The molecule has 2 aliphatic heterocycles. The molecule has 0 aromatic rings. The maximum Gasteiger partial charge on any atom is 0.112 e. The number of ether oxygens (including phenoxy) is 2. The lowest BCUT2D eigenvalue weighted by Gasteiger charge is -2.25. The van der Waals surface area contributed by atoms with Crippen molar-refractivity contribution in [2.45, 2.75) is 31.1 Å². The minimum absolute atomic E-state index is 0.0654. The van der Waals surface area contributed by atoms with Crippen LogP contribution in [0, 0.1) is 0 Å². The maximum atomic E-state index is 5.56. The molecule has 2 unspecified atom stereocenters. The van der Waals surface area contributed by atoms with E-state index in [1.807, 2.05) is 6.92 Å². The van der Waals surface area contributed by atoms with Crippen molar-refractivity contribution >= 4 is 7.85 Å². The van der Waals surface area contributed by atoms with Gasteiger partial charge in [-0.3, -0.25) is 0 Å². The molecule has 2 aliphatic rings. The fraction of sp³-hybridized carbons (Fsp3) is 1.00. The summed E-state index contributed by atoms with van der Waals surface area (Å²) in [5, 5.41) is 0. The summed E-state index contributed by atoms with van der Waals surface area (Å²) in [6.45, 7) is 2.76. The van der Waals surface area contributed by atoms with Crippen molar-refractivity contribution in [3.8, 4) is 0 Å². The van der Waals surface area contributed by atoms with Crippen LogP contribution in [-0.2, 0) is 9.47 Å². The first-order chi connectivity index (χ1) is 4.20. The van der Waals surface area contributed by atoms with Crippen LogP contribution >= 0.6 is 0 Å². The Balaban J connectivity index is 2.19. The zero-order valence-electron chi connectivity index (χ0n) is 5.46. The molecule has 0 aromatic heterocycles. The van der Waals surface area contributed by atoms with Crippen molar-refractivity contribution in [3.63, 3.8) is 0 Å². The molecule has 0 N–H and O–H groups in total. The number of hydrogen-bond donors (Lipinski definition) is 0. The number of hydrogen-bond acceptors (Lipinski definition) is 2. The average molecular weight is 124 g/mol. The third-order valence-electron chi connectivity index (χ3n) is 2.02. The molecule has 0 aliphatic carbocycles. The SMILES string of the molecule is [B]C1O[C@]2(C)COC1C2. The highest BCUT2D eigenvalue weighted by Crippen LogP contribution is 2.37. The summed E-state index contributed by atoms with van der Waals surface area (Å²) in [7, 11) is 5.56. The van der Waals surface area contributed by atoms with Gasteiger partial charge in [0.15, 0.2) is 0 Å². The van der Waals surface area contributed by atoms with Gasteiger partial charge in [-0.15, -0.1) is 0 Å². The van der Waals surface area contributed by atoms with Crippen molar-refractivity contribution in [1.82, 2.24) is 0 Å². The standard InChI is InChI=1S/C6H9BO2/c1-6-2-4(8-3-6)5(7)9-6/h4-5H,2-3H2,1H3/t4?,5?,6-/m0/s1. The Labute approximate surface area is 55.9 Å². The van der Waals surface area contributed by atoms with Crippen LogP contribution in [0.1, 0.15) is 13.3 Å². The van der Waals surface area contributed by atoms with Crippen LogP contribution in [0.4, 0.5) is 0 Å². The summed E-state index contributed by atoms with van der Waals surface area (Å²) in [6, 6.07) is -0.177. The molecule has 2 saturated heterocycles. The highest BCUT2D eigenvalue weighted by molar-refractivity contribution is 6.11. The van der Waals surface area contributed by atoms with E-state index in [2.05, 4.69) is 0 Å². The Kier molecular flexibility index (Phi) is 0.973. The van der Waals surface area contributed by atoms with Gasteiger partial charge in [0.1, 0.15) is 7.85 Å². The Morgan fingerprint density at radius 1 is 1.67 bits per heavy atom. The van der Waals surface area contributed by atoms with Crippen LogP contribution in [-0.4, -0.2) is 32.2 Å². The molecule has 48 valence electrons. The van der Waals surface area contributed by atoms with Gasteiger partial charge in [0.25, 0.3) is 0 Å². The predicted octanol–water partition coefficient (Wildman–Crippen LogP) is 0.0588. The molecule has 3 heteroatoms. The van der Waals surface area contributed by atoms with Crippen molar-refractivity contribution in [2.24, 2.45) is 0 Å². The summed E-state index contributed by atoms with van der Waals surface area (Å²) in [6.07, 6.45) is 1.13. The molecule has 0 saturated carbocycles. The molecule has 2 nitrogen and oxygen atoms in total. The first kappa shape index (κ1) is 5.75. The molecule has 2 fully saturated rings. The van der Waals surface area contributed by atoms with E-state index < -0.39 is 0 Å². The molecule has 2 rings (SSSR count). The molecule has 2 heterocycles. The minimum atomic E-state index is -0.177. The van der Waals surface area contributed by atoms with Gasteiger partial charge in [0.05, 0.1) is 18.3 Å². The van der Waals surface area contributed by atoms with Crippen molar-refractivity contribution in [1.29, 1.82) is 0 Å². The summed E-state index contributed by atoms with van der Waals surface area (Å²) in [5.41, 5.74) is -0.0654. The molecular weight excluding hydrogens is 115 g/mol. The van der Waals surface area contributed by atoms with Crippen molar-refractivity contribution in [3.05, 3.63) is 0 Å². The maximum absolute atomic E-state index is 5.56. The number of fused-ring (bicyclic) bond motifs is 2. The third kappa shape index (κ3) is 0.716. The predicted molar refractivity (Wildman–Crippen MR) is 33.4 cm³/mol. The molecular formula is C6H9BO2. The lowest BCUT2D eigenvalue weighted by molar-refractivity contribution is -0.103. The molecule has 0 amide bonds. The molecule has 2 radical (unpaired) electrons. The van der Waals surface area contributed by atoms with E-state index in [9.17, 15) is 0 Å². The Hall–Kier alpha value is -0.0151. The zero-order chi connectivity index (χ0) is 6.48. The van der Waals surface area contributed by atoms with E-state index in [1.165, 1.54) is 0 Å². The second kappa shape index (κ2) is 1.52. The van der Waals surface area contributed by atoms with E-state index in [0.717, 1.165) is 6.42 Å². The van der Waals surface area contributed by atoms with Gasteiger partial charge in [0.2, 0.25) is 0 Å². The quantitative estimate of drug-likeness (QED) is 0.425. The fourth-order valence-corrected chi connectivity index (χ4v) is 1.52. The second-order valence-electron chi connectivity index (χ2n) is 3.09. The summed E-state index contributed by atoms with van der Waals surface area (Å²) in [4.78, 5) is 0. The zero-order valence-corrected chi connectivity index (χ0v) is 5.46. The minimum Gasteiger partial charge on any atom is -0.377 e. The monoisotopic (exact) mass is 124 g/mol. The smallest absolute Gasteiger partial charge is 0.112 e. The largest absolute Gasteiger partial charge is 0.377 e. The fourth-order valence-electron chi connectivity index (χ4n) is 1.52. The average Bonchev–Trinajstić information content (AvgIpc) is 2.20. The van der Waals surface area contributed by atoms with E-state index in [1.54, 1.807) is 0 Å². The van der Waals surface area contributed by atoms with Gasteiger partial charge >= 0.3 is 0 Å². The summed E-state index contributed by atoms with van der Waals surface area (Å²) in [5.74, 6) is 0. The van der Waals surface area contributed by atoms with Crippen molar-refractivity contribution in [2.75, 3.05) is 6.61 Å². The van der Waals surface area contributed by atoms with E-state index in [0.29, 0.717) is 6.61 Å². The first-order valence-electron chi connectivity index (χ1n) is 3.25. The lowest BCUT2D eigenvalue weighted by Crippen LogP contribution is -2.34. The van der Waals surface area contributed by atoms with Gasteiger partial charge < -0.3 is 9.47 Å². The van der Waals surface area contributed by atoms with Crippen LogP contribution in [0.5, 0.6) is 0 Å². The highest BCUT2D eigenvalue weighted by atomic mass is 16.6. The Bertz CT molecular complexity index is 135. The van der Waals surface area contributed by atoms with Gasteiger partial charge in [-0.25, -0.2) is 0 Å². The van der Waals surface area contributed by atoms with Gasteiger partial charge in [0, 0.05) is 12.4 Å². The second-order valence-corrected chi connectivity index (χ2v) is 3.09. The first-order valence-corrected chi connectivity index (χ1v) is 3.25. The van der Waals surface area contributed by atoms with Crippen LogP contribution in [0.15, 0.2) is 0 Å². The normalized spacial score (nSPS) is 56.6. The molecule has 9 heavy (non-hydrogen) atoms. The van der Waals surface area contributed by atoms with Gasteiger partial charge in [-0.05, 0) is 6.92 Å². The topological polar surface area (TPSA) is 18.5 Å². The van der Waals surface area contributed by atoms with E-state index in [-0.39, 0.29) is 17.7 Å². The molecule has 3 atom stereocenters. The van der Waals surface area contributed by atoms with Gasteiger partial charge in [-0.2, -0.15) is 0 Å². The van der Waals surface area contributed by atoms with Gasteiger partial charge in [-0.1, -0.05) is 0 Å². The van der Waals surface area contributed by atoms with E-state index >= 15 is 0 Å². The number of rotatable bonds is 0. The molecule has 2 bridgehead atoms. The third-order valence-corrected chi connectivity index (χ3v) is 2.02. The highest BCUT2D eigenvalue weighted by Gasteiger charge is 2.47. The van der Waals surface area contributed by atoms with Crippen LogP contribution in [0.2, 0.25) is 0 Å². The Morgan fingerprint density at radius 2 is 2.44 bits per heavy atom. The van der Waals surface area contributed by atoms with Crippen LogP contribution < -0.4 is 0 Å². The van der Waals surface area contributed by atoms with Crippen LogP contribution in [0.25, 0.3) is 0 Å². The van der Waals surface area contributed by atoms with E-state index in [4.69, 9.17) is 17.3 Å². The Morgan fingerprint density at radius 3 is 2.67 bits per heavy atom. The lowest BCUT2D eigenvalue weighted by atomic mass is 9.94. The van der Waals surface area contributed by atoms with Crippen molar-refractivity contribution < 1.29 is 9.47 Å².